The molecule has 3 heterocycles. The number of nitrogens with zero attached hydrogens (tertiary/aromatic N) is 4. The molecule has 1 unspecified atom stereocenters. The highest BCUT2D eigenvalue weighted by Gasteiger charge is 2.29. The van der Waals surface area contributed by atoms with E-state index in [1.165, 1.54) is 11.7 Å². The number of pyridine rings is 1. The predicted octanol–water partition coefficient (Wildman–Crippen LogP) is 5.00. The molecule has 0 bridgehead atoms. The van der Waals surface area contributed by atoms with Crippen molar-refractivity contribution in [3.8, 4) is 17.3 Å². The van der Waals surface area contributed by atoms with E-state index in [4.69, 9.17) is 20.2 Å². The molecule has 4 rings (SSSR count). The number of benzene rings is 1. The molecule has 4 aromatic rings. The standard InChI is InChI=1S/C26H29F2N5O3/c1-7-26(27,28)13-33-20(11-16-8-9-18(15(4)29)30-23(16)33)24-31-19-10-17(25(34)36-14(2)3)12-21(35-6)22(19)32(24)5/h7-12,14-15H,1,13,29H2,2-6H3. The Morgan fingerprint density at radius 2 is 1.94 bits per heavy atom. The Labute approximate surface area is 207 Å². The van der Waals surface area contributed by atoms with Crippen molar-refractivity contribution in [2.24, 2.45) is 12.8 Å². The van der Waals surface area contributed by atoms with Gasteiger partial charge >= 0.3 is 5.97 Å². The number of rotatable bonds is 8. The second-order valence-corrected chi connectivity index (χ2v) is 9.01. The number of nitrogens with two attached hydrogens (primary N) is 1. The van der Waals surface area contributed by atoms with Crippen LogP contribution in [0.1, 0.15) is 42.9 Å². The van der Waals surface area contributed by atoms with Gasteiger partial charge in [-0.05, 0) is 57.2 Å². The van der Waals surface area contributed by atoms with E-state index in [1.807, 2.05) is 0 Å². The lowest BCUT2D eigenvalue weighted by Gasteiger charge is -2.16. The number of esters is 1. The molecule has 190 valence electrons. The Morgan fingerprint density at radius 1 is 1.22 bits per heavy atom. The molecule has 10 heteroatoms. The van der Waals surface area contributed by atoms with Gasteiger partial charge in [0, 0.05) is 18.5 Å². The van der Waals surface area contributed by atoms with E-state index < -0.39 is 18.4 Å². The Balaban J connectivity index is 1.97. The molecule has 8 nitrogen and oxygen atoms in total. The number of halogens is 2. The van der Waals surface area contributed by atoms with Crippen molar-refractivity contribution in [2.45, 2.75) is 45.4 Å². The van der Waals surface area contributed by atoms with Gasteiger partial charge in [0.2, 0.25) is 0 Å². The van der Waals surface area contributed by atoms with Gasteiger partial charge in [0.05, 0.1) is 42.2 Å². The predicted molar refractivity (Wildman–Crippen MR) is 134 cm³/mol. The summed E-state index contributed by atoms with van der Waals surface area (Å²) in [5.74, 6) is -2.90. The van der Waals surface area contributed by atoms with Crippen LogP contribution in [0.15, 0.2) is 43.0 Å². The molecule has 0 fully saturated rings. The Bertz CT molecular complexity index is 1470. The third-order valence-corrected chi connectivity index (χ3v) is 5.86. The maximum absolute atomic E-state index is 14.6. The van der Waals surface area contributed by atoms with E-state index in [0.29, 0.717) is 51.1 Å². The van der Waals surface area contributed by atoms with E-state index in [1.54, 1.807) is 62.7 Å². The largest absolute Gasteiger partial charge is 0.494 e. The zero-order valence-electron chi connectivity index (χ0n) is 20.9. The zero-order valence-corrected chi connectivity index (χ0v) is 20.9. The van der Waals surface area contributed by atoms with Gasteiger partial charge in [-0.25, -0.2) is 23.5 Å². The van der Waals surface area contributed by atoms with Crippen molar-refractivity contribution in [2.75, 3.05) is 7.11 Å². The van der Waals surface area contributed by atoms with Crippen LogP contribution in [0.5, 0.6) is 5.75 Å². The second kappa shape index (κ2) is 9.34. The Hall–Kier alpha value is -3.79. The highest BCUT2D eigenvalue weighted by atomic mass is 19.3. The average molecular weight is 498 g/mol. The van der Waals surface area contributed by atoms with Crippen LogP contribution in [0.25, 0.3) is 33.6 Å². The Kier molecular flexibility index (Phi) is 6.57. The van der Waals surface area contributed by atoms with Gasteiger partial charge in [-0.2, -0.15) is 0 Å². The molecule has 1 atom stereocenters. The van der Waals surface area contributed by atoms with Gasteiger partial charge in [-0.1, -0.05) is 6.58 Å². The van der Waals surface area contributed by atoms with E-state index in [2.05, 4.69) is 11.6 Å². The van der Waals surface area contributed by atoms with Crippen molar-refractivity contribution < 1.29 is 23.0 Å². The van der Waals surface area contributed by atoms with Crippen LogP contribution in [-0.4, -0.2) is 44.2 Å². The van der Waals surface area contributed by atoms with E-state index in [9.17, 15) is 13.6 Å². The summed E-state index contributed by atoms with van der Waals surface area (Å²) in [6.07, 6.45) is 0.317. The van der Waals surface area contributed by atoms with Gasteiger partial charge in [0.1, 0.15) is 16.9 Å². The first kappa shape index (κ1) is 25.3. The smallest absolute Gasteiger partial charge is 0.338 e. The van der Waals surface area contributed by atoms with Crippen molar-refractivity contribution in [3.63, 3.8) is 0 Å². The molecule has 0 amide bonds. The number of carbonyl (C=O) groups excluding carboxylic acids is 1. The molecule has 0 spiro atoms. The number of imidazole rings is 1. The lowest BCUT2D eigenvalue weighted by atomic mass is 10.2. The van der Waals surface area contributed by atoms with Gasteiger partial charge < -0.3 is 24.3 Å². The molecular weight excluding hydrogens is 468 g/mol. The first-order chi connectivity index (χ1) is 17.0. The summed E-state index contributed by atoms with van der Waals surface area (Å²) in [4.78, 5) is 21.8. The lowest BCUT2D eigenvalue weighted by molar-refractivity contribution is 0.0370. The molecule has 36 heavy (non-hydrogen) atoms. The average Bonchev–Trinajstić information content (AvgIpc) is 3.34. The number of alkyl halides is 2. The van der Waals surface area contributed by atoms with E-state index in [0.717, 1.165) is 0 Å². The van der Waals surface area contributed by atoms with Crippen molar-refractivity contribution >= 4 is 28.0 Å². The fourth-order valence-electron chi connectivity index (χ4n) is 4.11. The van der Waals surface area contributed by atoms with Crippen LogP contribution < -0.4 is 10.5 Å². The maximum Gasteiger partial charge on any atom is 0.338 e. The molecule has 0 aliphatic carbocycles. The Morgan fingerprint density at radius 3 is 2.56 bits per heavy atom. The van der Waals surface area contributed by atoms with Crippen molar-refractivity contribution in [1.82, 2.24) is 19.1 Å². The maximum atomic E-state index is 14.6. The molecule has 0 saturated carbocycles. The monoisotopic (exact) mass is 497 g/mol. The molecule has 1 aromatic carbocycles. The van der Waals surface area contributed by atoms with Crippen molar-refractivity contribution in [3.05, 3.63) is 54.2 Å². The number of ether oxygens (including phenoxy) is 2. The number of hydrogen-bond acceptors (Lipinski definition) is 6. The number of aromatic nitrogens is 4. The SMILES string of the molecule is C=CC(F)(F)Cn1c(-c2nc3cc(C(=O)OC(C)C)cc(OC)c3n2C)cc2ccc(C(C)N)nc21. The summed E-state index contributed by atoms with van der Waals surface area (Å²) in [5.41, 5.74) is 8.70. The van der Waals surface area contributed by atoms with Gasteiger partial charge in [0.15, 0.2) is 5.82 Å². The summed E-state index contributed by atoms with van der Waals surface area (Å²) in [7, 11) is 3.24. The molecule has 0 saturated heterocycles. The van der Waals surface area contributed by atoms with Crippen LogP contribution in [0, 0.1) is 0 Å². The number of aryl methyl sites for hydroxylation is 1. The number of carbonyl (C=O) groups is 1. The lowest BCUT2D eigenvalue weighted by Crippen LogP contribution is -2.22. The summed E-state index contributed by atoms with van der Waals surface area (Å²) < 4.78 is 43.2. The summed E-state index contributed by atoms with van der Waals surface area (Å²) in [6, 6.07) is 8.15. The normalized spacial score (nSPS) is 12.9. The minimum absolute atomic E-state index is 0.277. The zero-order chi connectivity index (χ0) is 26.4. The molecular formula is C26H29F2N5O3. The number of methoxy groups -OCH3 is 1. The third kappa shape index (κ3) is 4.56. The fourth-order valence-corrected chi connectivity index (χ4v) is 4.11. The van der Waals surface area contributed by atoms with Crippen LogP contribution in [-0.2, 0) is 18.3 Å². The summed E-state index contributed by atoms with van der Waals surface area (Å²) in [6.45, 7) is 7.89. The van der Waals surface area contributed by atoms with Gasteiger partial charge in [-0.3, -0.25) is 0 Å². The molecule has 0 radical (unpaired) electrons. The van der Waals surface area contributed by atoms with Crippen LogP contribution in [0.4, 0.5) is 8.78 Å². The summed E-state index contributed by atoms with van der Waals surface area (Å²) >= 11 is 0. The van der Waals surface area contributed by atoms with E-state index >= 15 is 0 Å². The van der Waals surface area contributed by atoms with Gasteiger partial charge in [-0.15, -0.1) is 0 Å². The van der Waals surface area contributed by atoms with Gasteiger partial charge in [0.25, 0.3) is 5.92 Å². The van der Waals surface area contributed by atoms with Crippen molar-refractivity contribution in [1.29, 1.82) is 0 Å². The first-order valence-electron chi connectivity index (χ1n) is 11.5. The van der Waals surface area contributed by atoms with E-state index in [-0.39, 0.29) is 17.7 Å². The minimum atomic E-state index is -3.19. The third-order valence-electron chi connectivity index (χ3n) is 5.86. The highest BCUT2D eigenvalue weighted by Crippen LogP contribution is 2.35. The minimum Gasteiger partial charge on any atom is -0.494 e. The molecule has 0 aliphatic heterocycles. The molecule has 3 aromatic heterocycles. The quantitative estimate of drug-likeness (QED) is 0.272. The number of allylic oxidation sites excluding steroid dienone is 1. The van der Waals surface area contributed by atoms with Crippen LogP contribution in [0.2, 0.25) is 0 Å². The fraction of sp³-hybridized carbons (Fsp3) is 0.346. The second-order valence-electron chi connectivity index (χ2n) is 9.01. The summed E-state index contributed by atoms with van der Waals surface area (Å²) in [5, 5.41) is 0.662. The first-order valence-corrected chi connectivity index (χ1v) is 11.5. The number of hydrogen-bond donors (Lipinski definition) is 1. The molecule has 2 N–H and O–H groups in total. The number of fused-ring (bicyclic) bond motifs is 2. The molecule has 0 aliphatic rings. The highest BCUT2D eigenvalue weighted by molar-refractivity contribution is 5.97. The van der Waals surface area contributed by atoms with Crippen LogP contribution in [0.3, 0.4) is 0 Å². The topological polar surface area (TPSA) is 97.2 Å². The van der Waals surface area contributed by atoms with Crippen LogP contribution >= 0.6 is 0 Å².